The van der Waals surface area contributed by atoms with E-state index in [4.69, 9.17) is 23.7 Å². The van der Waals surface area contributed by atoms with Crippen LogP contribution in [0.5, 0.6) is 0 Å². The molecule has 2 fully saturated rings. The Bertz CT molecular complexity index is 1210. The molecule has 0 aliphatic carbocycles. The Labute approximate surface area is 303 Å². The van der Waals surface area contributed by atoms with Crippen LogP contribution in [0.25, 0.3) is 0 Å². The molecule has 0 aromatic rings. The Morgan fingerprint density at radius 2 is 1.12 bits per heavy atom. The van der Waals surface area contributed by atoms with Gasteiger partial charge in [0.1, 0.15) is 17.5 Å². The van der Waals surface area contributed by atoms with Gasteiger partial charge in [0.15, 0.2) is 16.7 Å². The van der Waals surface area contributed by atoms with Crippen LogP contribution in [0.2, 0.25) is 0 Å². The average Bonchev–Trinajstić information content (AvgIpc) is 3.02. The fourth-order valence-corrected chi connectivity index (χ4v) is 6.73. The van der Waals surface area contributed by atoms with E-state index in [1.165, 1.54) is 18.9 Å². The van der Waals surface area contributed by atoms with Gasteiger partial charge in [-0.3, -0.25) is 28.8 Å². The molecule has 0 aromatic carbocycles. The molecule has 4 N–H and O–H groups in total. The van der Waals surface area contributed by atoms with Crippen molar-refractivity contribution < 1.29 is 52.5 Å². The van der Waals surface area contributed by atoms with Crippen LogP contribution in [0.3, 0.4) is 0 Å². The number of carbonyl (C=O) groups is 6. The predicted molar refractivity (Wildman–Crippen MR) is 189 cm³/mol. The van der Waals surface area contributed by atoms with Gasteiger partial charge in [-0.1, -0.05) is 39.5 Å². The first-order valence-corrected chi connectivity index (χ1v) is 18.8. The van der Waals surface area contributed by atoms with E-state index in [2.05, 4.69) is 21.3 Å². The van der Waals surface area contributed by atoms with E-state index in [1.54, 1.807) is 27.7 Å². The third-order valence-corrected chi connectivity index (χ3v) is 9.93. The lowest BCUT2D eigenvalue weighted by molar-refractivity contribution is -0.304. The molecule has 0 bridgehead atoms. The fraction of sp³-hybridized carbons (Fsp3) is 0.818. The van der Waals surface area contributed by atoms with Gasteiger partial charge in [-0.15, -0.1) is 11.8 Å². The van der Waals surface area contributed by atoms with Crippen molar-refractivity contribution in [3.8, 4) is 0 Å². The molecule has 2 rings (SSSR count). The zero-order valence-electron chi connectivity index (χ0n) is 30.8. The molecule has 286 valence electrons. The molecule has 1 unspecified atom stereocenters. The maximum atomic E-state index is 12.7. The van der Waals surface area contributed by atoms with E-state index < -0.39 is 45.8 Å². The molecule has 3 atom stereocenters. The number of hydrogen-bond donors (Lipinski definition) is 4. The molecule has 4 amide bonds. The summed E-state index contributed by atoms with van der Waals surface area (Å²) in [7, 11) is 1.24. The first kappa shape index (κ1) is 43.7. The number of esters is 1. The fourth-order valence-electron chi connectivity index (χ4n) is 4.90. The van der Waals surface area contributed by atoms with E-state index in [9.17, 15) is 28.8 Å². The van der Waals surface area contributed by atoms with Gasteiger partial charge in [0.05, 0.1) is 20.3 Å². The maximum absolute atomic E-state index is 12.7. The molecule has 0 radical (unpaired) electrons. The van der Waals surface area contributed by atoms with Crippen LogP contribution in [0.15, 0.2) is 0 Å². The highest BCUT2D eigenvalue weighted by Crippen LogP contribution is 2.36. The largest absolute Gasteiger partial charge is 0.468 e. The van der Waals surface area contributed by atoms with Gasteiger partial charge < -0.3 is 45.0 Å². The summed E-state index contributed by atoms with van der Waals surface area (Å²) in [5.74, 6) is -2.81. The van der Waals surface area contributed by atoms with Gasteiger partial charge >= 0.3 is 5.97 Å². The van der Waals surface area contributed by atoms with E-state index in [0.717, 1.165) is 11.8 Å². The third-order valence-electron chi connectivity index (χ3n) is 7.83. The lowest BCUT2D eigenvalue weighted by Gasteiger charge is -2.44. The van der Waals surface area contributed by atoms with Crippen LogP contribution in [0.4, 0.5) is 0 Å². The molecule has 2 heterocycles. The first-order valence-electron chi connectivity index (χ1n) is 16.8. The molecule has 2 saturated heterocycles. The number of ether oxygens (including phenoxy) is 5. The van der Waals surface area contributed by atoms with E-state index in [-0.39, 0.29) is 74.2 Å². The molecular formula is C33H56N4O11S2. The average molecular weight is 749 g/mol. The van der Waals surface area contributed by atoms with Gasteiger partial charge in [0, 0.05) is 67.8 Å². The summed E-state index contributed by atoms with van der Waals surface area (Å²) in [6.45, 7) is 16.0. The summed E-state index contributed by atoms with van der Waals surface area (Å²) in [5, 5.41) is 9.97. The smallest absolute Gasteiger partial charge is 0.319 e. The normalized spacial score (nSPS) is 22.3. The lowest BCUT2D eigenvalue weighted by Crippen LogP contribution is -2.56. The molecule has 15 nitrogen and oxygen atoms in total. The van der Waals surface area contributed by atoms with Crippen molar-refractivity contribution in [3.05, 3.63) is 0 Å². The van der Waals surface area contributed by atoms with Gasteiger partial charge in [-0.05, 0) is 27.7 Å². The van der Waals surface area contributed by atoms with Crippen LogP contribution >= 0.6 is 23.5 Å². The number of methoxy groups -OCH3 is 1. The van der Waals surface area contributed by atoms with Crippen LogP contribution < -0.4 is 21.3 Å². The first-order chi connectivity index (χ1) is 23.2. The second-order valence-corrected chi connectivity index (χ2v) is 16.9. The van der Waals surface area contributed by atoms with Crippen molar-refractivity contribution >= 4 is 58.2 Å². The zero-order chi connectivity index (χ0) is 37.8. The number of carbonyl (C=O) groups excluding carboxylic acids is 6. The molecule has 2 aliphatic rings. The van der Waals surface area contributed by atoms with Crippen molar-refractivity contribution in [1.29, 1.82) is 0 Å². The van der Waals surface area contributed by atoms with E-state index >= 15 is 0 Å². The maximum Gasteiger partial charge on any atom is 0.319 e. The Morgan fingerprint density at radius 3 is 1.56 bits per heavy atom. The van der Waals surface area contributed by atoms with Crippen molar-refractivity contribution in [2.45, 2.75) is 104 Å². The minimum atomic E-state index is -0.879. The Balaban J connectivity index is 1.61. The molecule has 0 spiro atoms. The summed E-state index contributed by atoms with van der Waals surface area (Å²) in [4.78, 5) is 74.8. The Morgan fingerprint density at radius 1 is 0.680 bits per heavy atom. The molecule has 2 aliphatic heterocycles. The van der Waals surface area contributed by atoms with Gasteiger partial charge in [-0.2, -0.15) is 0 Å². The summed E-state index contributed by atoms with van der Waals surface area (Å²) in [5.41, 5.74) is -1.05. The Kier molecular flexibility index (Phi) is 17.0. The standard InChI is InChI=1S/C33H56N4O11S2/c1-30(2)19-45-32(5,6)47-25(30)27(41)36-12-10-22(38)34-14-16-49-21(29(43)44-9)18-24(40)50-17-15-35-23(39)11-13-37-28(42)26-31(3,4)20-46-33(7,8)48-26/h21,25-26H,10-20H2,1-9H3,(H,34,38)(H,35,39)(H,36,41)(H,37,42)/t21?,25-,26-/m0/s1. The molecular weight excluding hydrogens is 693 g/mol. The summed E-state index contributed by atoms with van der Waals surface area (Å²) < 4.78 is 27.7. The predicted octanol–water partition coefficient (Wildman–Crippen LogP) is 1.51. The number of hydrogen-bond acceptors (Lipinski definition) is 13. The van der Waals surface area contributed by atoms with Gasteiger partial charge in [0.2, 0.25) is 23.6 Å². The van der Waals surface area contributed by atoms with Gasteiger partial charge in [-0.25, -0.2) is 0 Å². The second-order valence-electron chi connectivity index (χ2n) is 14.4. The van der Waals surface area contributed by atoms with Crippen LogP contribution in [-0.2, 0) is 52.5 Å². The Hall–Kier alpha value is -2.44. The number of rotatable bonds is 18. The van der Waals surface area contributed by atoms with Gasteiger partial charge in [0.25, 0.3) is 0 Å². The quantitative estimate of drug-likeness (QED) is 0.116. The number of nitrogens with one attached hydrogen (secondary N) is 4. The van der Waals surface area contributed by atoms with Crippen molar-refractivity contribution in [3.63, 3.8) is 0 Å². The highest BCUT2D eigenvalue weighted by atomic mass is 32.2. The van der Waals surface area contributed by atoms with Crippen LogP contribution in [0.1, 0.15) is 74.7 Å². The summed E-state index contributed by atoms with van der Waals surface area (Å²) in [6.07, 6.45) is -1.39. The lowest BCUT2D eigenvalue weighted by atomic mass is 9.85. The minimum absolute atomic E-state index is 0.0612. The zero-order valence-corrected chi connectivity index (χ0v) is 32.5. The van der Waals surface area contributed by atoms with Crippen molar-refractivity contribution in [2.75, 3.05) is 58.0 Å². The molecule has 0 aromatic heterocycles. The van der Waals surface area contributed by atoms with Crippen LogP contribution in [-0.4, -0.2) is 122 Å². The third kappa shape index (κ3) is 15.0. The molecule has 0 saturated carbocycles. The second kappa shape index (κ2) is 19.4. The summed E-state index contributed by atoms with van der Waals surface area (Å²) >= 11 is 2.19. The van der Waals surface area contributed by atoms with E-state index in [0.29, 0.717) is 24.7 Å². The topological polar surface area (TPSA) is 197 Å². The highest BCUT2D eigenvalue weighted by Gasteiger charge is 2.46. The minimum Gasteiger partial charge on any atom is -0.468 e. The molecule has 50 heavy (non-hydrogen) atoms. The SMILES string of the molecule is COC(=O)C(CC(=O)SCCNC(=O)CCNC(=O)[C@@H]1OC(C)(C)OCC1(C)C)SCCNC(=O)CCNC(=O)[C@@H]1OC(C)(C)OCC1(C)C. The highest BCUT2D eigenvalue weighted by molar-refractivity contribution is 8.13. The number of thioether (sulfide) groups is 2. The number of amides is 4. The molecule has 17 heteroatoms. The van der Waals surface area contributed by atoms with Crippen molar-refractivity contribution in [1.82, 2.24) is 21.3 Å². The monoisotopic (exact) mass is 748 g/mol. The van der Waals surface area contributed by atoms with E-state index in [1.807, 2.05) is 27.7 Å². The summed E-state index contributed by atoms with van der Waals surface area (Å²) in [6, 6.07) is 0. The van der Waals surface area contributed by atoms with Crippen molar-refractivity contribution in [2.24, 2.45) is 10.8 Å². The van der Waals surface area contributed by atoms with Crippen LogP contribution in [0, 0.1) is 10.8 Å².